The van der Waals surface area contributed by atoms with Gasteiger partial charge in [0.2, 0.25) is 0 Å². The third kappa shape index (κ3) is 2.85. The standard InChI is InChI=1S/C9H9IO4/c10-6-1-2-8(14-4-3-11)7(5-6)9(12)13/h1-2,5,11H,3-4H2,(H,12,13). The van der Waals surface area contributed by atoms with Crippen molar-refractivity contribution < 1.29 is 19.7 Å². The molecule has 0 spiro atoms. The van der Waals surface area contributed by atoms with E-state index in [4.69, 9.17) is 14.9 Å². The molecule has 0 aliphatic carbocycles. The van der Waals surface area contributed by atoms with Crippen LogP contribution < -0.4 is 4.74 Å². The minimum absolute atomic E-state index is 0.0981. The second-order valence-electron chi connectivity index (χ2n) is 2.52. The highest BCUT2D eigenvalue weighted by Gasteiger charge is 2.11. The van der Waals surface area contributed by atoms with E-state index >= 15 is 0 Å². The van der Waals surface area contributed by atoms with Gasteiger partial charge >= 0.3 is 5.97 Å². The number of carboxylic acids is 1. The van der Waals surface area contributed by atoms with E-state index in [1.54, 1.807) is 12.1 Å². The maximum atomic E-state index is 10.8. The molecule has 0 aromatic heterocycles. The van der Waals surface area contributed by atoms with Gasteiger partial charge < -0.3 is 14.9 Å². The summed E-state index contributed by atoms with van der Waals surface area (Å²) in [5.74, 6) is -0.747. The topological polar surface area (TPSA) is 66.8 Å². The molecule has 1 aromatic carbocycles. The average Bonchev–Trinajstić information content (AvgIpc) is 2.15. The van der Waals surface area contributed by atoms with Crippen molar-refractivity contribution in [3.05, 3.63) is 27.3 Å². The largest absolute Gasteiger partial charge is 0.490 e. The number of aliphatic hydroxyl groups excluding tert-OH is 1. The summed E-state index contributed by atoms with van der Waals surface area (Å²) in [5, 5.41) is 17.4. The minimum atomic E-state index is -1.03. The molecule has 0 fully saturated rings. The van der Waals surface area contributed by atoms with Crippen LogP contribution in [0.25, 0.3) is 0 Å². The number of rotatable bonds is 4. The van der Waals surface area contributed by atoms with Gasteiger partial charge in [0.15, 0.2) is 0 Å². The molecule has 0 unspecified atom stereocenters. The second-order valence-corrected chi connectivity index (χ2v) is 3.76. The summed E-state index contributed by atoms with van der Waals surface area (Å²) in [6, 6.07) is 4.86. The van der Waals surface area contributed by atoms with Gasteiger partial charge in [0.1, 0.15) is 17.9 Å². The van der Waals surface area contributed by atoms with Gasteiger partial charge in [-0.15, -0.1) is 0 Å². The van der Waals surface area contributed by atoms with E-state index in [-0.39, 0.29) is 24.5 Å². The second kappa shape index (κ2) is 5.16. The van der Waals surface area contributed by atoms with Crippen LogP contribution in [-0.4, -0.2) is 29.4 Å². The van der Waals surface area contributed by atoms with Crippen LogP contribution in [0.5, 0.6) is 5.75 Å². The first kappa shape index (κ1) is 11.3. The first-order valence-electron chi connectivity index (χ1n) is 3.91. The van der Waals surface area contributed by atoms with Crippen molar-refractivity contribution in [2.75, 3.05) is 13.2 Å². The predicted octanol–water partition coefficient (Wildman–Crippen LogP) is 1.36. The Balaban J connectivity index is 2.96. The lowest BCUT2D eigenvalue weighted by atomic mass is 10.2. The number of aromatic carboxylic acids is 1. The minimum Gasteiger partial charge on any atom is -0.490 e. The Labute approximate surface area is 94.7 Å². The molecule has 76 valence electrons. The van der Waals surface area contributed by atoms with Gasteiger partial charge in [-0.25, -0.2) is 4.79 Å². The zero-order chi connectivity index (χ0) is 10.6. The molecular formula is C9H9IO4. The van der Waals surface area contributed by atoms with E-state index in [9.17, 15) is 4.79 Å². The van der Waals surface area contributed by atoms with Gasteiger partial charge in [-0.05, 0) is 40.8 Å². The fraction of sp³-hybridized carbons (Fsp3) is 0.222. The molecule has 0 aliphatic heterocycles. The molecule has 1 rings (SSSR count). The summed E-state index contributed by atoms with van der Waals surface area (Å²) in [5.41, 5.74) is 0.116. The number of hydrogen-bond acceptors (Lipinski definition) is 3. The van der Waals surface area contributed by atoms with Crippen LogP contribution in [0.3, 0.4) is 0 Å². The summed E-state index contributed by atoms with van der Waals surface area (Å²) < 4.78 is 5.90. The van der Waals surface area contributed by atoms with E-state index < -0.39 is 5.97 Å². The molecule has 0 saturated carbocycles. The van der Waals surface area contributed by atoms with Gasteiger partial charge in [-0.2, -0.15) is 0 Å². The van der Waals surface area contributed by atoms with Crippen molar-refractivity contribution in [3.63, 3.8) is 0 Å². The fourth-order valence-corrected chi connectivity index (χ4v) is 1.44. The molecule has 0 bridgehead atoms. The predicted molar refractivity (Wildman–Crippen MR) is 58.7 cm³/mol. The van der Waals surface area contributed by atoms with Crippen LogP contribution in [0.4, 0.5) is 0 Å². The van der Waals surface area contributed by atoms with Gasteiger partial charge in [0.05, 0.1) is 6.61 Å². The van der Waals surface area contributed by atoms with Crippen LogP contribution in [0.15, 0.2) is 18.2 Å². The van der Waals surface area contributed by atoms with Gasteiger partial charge in [0.25, 0.3) is 0 Å². The molecule has 4 nitrogen and oxygen atoms in total. The molecule has 0 heterocycles. The van der Waals surface area contributed by atoms with Gasteiger partial charge in [0, 0.05) is 3.57 Å². The van der Waals surface area contributed by atoms with E-state index in [1.165, 1.54) is 6.07 Å². The summed E-state index contributed by atoms with van der Waals surface area (Å²) in [6.07, 6.45) is 0. The van der Waals surface area contributed by atoms with E-state index in [2.05, 4.69) is 0 Å². The highest BCUT2D eigenvalue weighted by atomic mass is 127. The van der Waals surface area contributed by atoms with E-state index in [0.717, 1.165) is 3.57 Å². The number of ether oxygens (including phenoxy) is 1. The molecule has 5 heteroatoms. The molecule has 1 aromatic rings. The lowest BCUT2D eigenvalue weighted by Gasteiger charge is -2.07. The van der Waals surface area contributed by atoms with Gasteiger partial charge in [-0.3, -0.25) is 0 Å². The smallest absolute Gasteiger partial charge is 0.339 e. The van der Waals surface area contributed by atoms with Crippen molar-refractivity contribution in [1.29, 1.82) is 0 Å². The van der Waals surface area contributed by atoms with E-state index in [0.29, 0.717) is 0 Å². The van der Waals surface area contributed by atoms with Crippen LogP contribution >= 0.6 is 22.6 Å². The zero-order valence-corrected chi connectivity index (χ0v) is 9.39. The molecule has 14 heavy (non-hydrogen) atoms. The van der Waals surface area contributed by atoms with Crippen molar-refractivity contribution in [3.8, 4) is 5.75 Å². The Morgan fingerprint density at radius 1 is 1.50 bits per heavy atom. The number of aliphatic hydroxyl groups is 1. The number of benzene rings is 1. The first-order chi connectivity index (χ1) is 6.65. The quantitative estimate of drug-likeness (QED) is 0.824. The van der Waals surface area contributed by atoms with Gasteiger partial charge in [-0.1, -0.05) is 0 Å². The Hall–Kier alpha value is -0.820. The SMILES string of the molecule is O=C(O)c1cc(I)ccc1OCCO. The summed E-state index contributed by atoms with van der Waals surface area (Å²) in [6.45, 7) is -0.0358. The third-order valence-electron chi connectivity index (χ3n) is 1.52. The summed E-state index contributed by atoms with van der Waals surface area (Å²) in [4.78, 5) is 10.8. The highest BCUT2D eigenvalue weighted by molar-refractivity contribution is 14.1. The molecule has 2 N–H and O–H groups in total. The maximum absolute atomic E-state index is 10.8. The normalized spacial score (nSPS) is 9.86. The molecule has 0 saturated heterocycles. The third-order valence-corrected chi connectivity index (χ3v) is 2.19. The molecule has 0 radical (unpaired) electrons. The number of carbonyl (C=O) groups is 1. The number of hydrogen-bond donors (Lipinski definition) is 2. The van der Waals surface area contributed by atoms with Crippen molar-refractivity contribution >= 4 is 28.6 Å². The van der Waals surface area contributed by atoms with Crippen LogP contribution in [0.1, 0.15) is 10.4 Å². The molecule has 0 amide bonds. The van der Waals surface area contributed by atoms with Crippen molar-refractivity contribution in [2.24, 2.45) is 0 Å². The van der Waals surface area contributed by atoms with Crippen LogP contribution in [0, 0.1) is 3.57 Å². The lowest BCUT2D eigenvalue weighted by molar-refractivity contribution is 0.0690. The fourth-order valence-electron chi connectivity index (χ4n) is 0.951. The first-order valence-corrected chi connectivity index (χ1v) is 4.99. The van der Waals surface area contributed by atoms with Crippen LogP contribution in [0.2, 0.25) is 0 Å². The Morgan fingerprint density at radius 2 is 2.21 bits per heavy atom. The van der Waals surface area contributed by atoms with Crippen LogP contribution in [-0.2, 0) is 0 Å². The Morgan fingerprint density at radius 3 is 2.79 bits per heavy atom. The Kier molecular flexibility index (Phi) is 4.15. The summed E-state index contributed by atoms with van der Waals surface area (Å²) >= 11 is 2.02. The number of carboxylic acid groups (broad SMARTS) is 1. The maximum Gasteiger partial charge on any atom is 0.339 e. The molecule has 0 aliphatic rings. The Bertz CT molecular complexity index is 338. The lowest BCUT2D eigenvalue weighted by Crippen LogP contribution is -2.07. The molecular weight excluding hydrogens is 299 g/mol. The van der Waals surface area contributed by atoms with E-state index in [1.807, 2.05) is 22.6 Å². The molecule has 0 atom stereocenters. The number of halogens is 1. The van der Waals surface area contributed by atoms with Crippen molar-refractivity contribution in [2.45, 2.75) is 0 Å². The van der Waals surface area contributed by atoms with Crippen molar-refractivity contribution in [1.82, 2.24) is 0 Å². The highest BCUT2D eigenvalue weighted by Crippen LogP contribution is 2.21. The average molecular weight is 308 g/mol. The summed E-state index contributed by atoms with van der Waals surface area (Å²) in [7, 11) is 0. The zero-order valence-electron chi connectivity index (χ0n) is 7.24. The monoisotopic (exact) mass is 308 g/mol.